The van der Waals surface area contributed by atoms with Crippen LogP contribution < -0.4 is 0 Å². The van der Waals surface area contributed by atoms with Gasteiger partial charge in [0.15, 0.2) is 30.9 Å². The molecule has 374 valence electrons. The minimum absolute atomic E-state index is 0.0259. The number of rotatable bonds is 11. The summed E-state index contributed by atoms with van der Waals surface area (Å²) >= 11 is 0. The fourth-order valence-electron chi connectivity index (χ4n) is 13.7. The molecule has 10 rings (SSSR count). The smallest absolute Gasteiger partial charge is 0.187 e. The Kier molecular flexibility index (Phi) is 13.4. The summed E-state index contributed by atoms with van der Waals surface area (Å²) in [7, 11) is 3.12. The van der Waals surface area contributed by atoms with Gasteiger partial charge in [-0.15, -0.1) is 0 Å². The zero-order chi connectivity index (χ0) is 46.6. The van der Waals surface area contributed by atoms with Crippen molar-refractivity contribution in [3.8, 4) is 0 Å². The Labute approximate surface area is 385 Å². The van der Waals surface area contributed by atoms with Crippen LogP contribution in [0.4, 0.5) is 0 Å². The van der Waals surface area contributed by atoms with E-state index in [1.807, 2.05) is 6.92 Å². The van der Waals surface area contributed by atoms with Crippen LogP contribution in [0.5, 0.6) is 0 Å². The molecule has 0 unspecified atom stereocenters. The molecule has 19 heteroatoms. The van der Waals surface area contributed by atoms with E-state index in [2.05, 4.69) is 19.9 Å². The molecule has 19 nitrogen and oxygen atoms in total. The fraction of sp³-hybridized carbons (Fsp3) is 0.915. The van der Waals surface area contributed by atoms with Gasteiger partial charge in [-0.25, -0.2) is 0 Å². The van der Waals surface area contributed by atoms with Gasteiger partial charge in [0, 0.05) is 33.5 Å². The minimum atomic E-state index is -1.60. The number of hydrogen-bond acceptors (Lipinski definition) is 19. The van der Waals surface area contributed by atoms with E-state index in [1.165, 1.54) is 18.3 Å². The Morgan fingerprint density at radius 3 is 2.02 bits per heavy atom. The fourth-order valence-corrected chi connectivity index (χ4v) is 13.7. The molecule has 1 saturated carbocycles. The Bertz CT molecular complexity index is 1800. The second-order valence-electron chi connectivity index (χ2n) is 21.0. The molecule has 1 spiro atoms. The van der Waals surface area contributed by atoms with Gasteiger partial charge < -0.3 is 92.2 Å². The third-order valence-electron chi connectivity index (χ3n) is 17.1. The van der Waals surface area contributed by atoms with Crippen molar-refractivity contribution >= 4 is 0 Å². The largest absolute Gasteiger partial charge is 0.491 e. The molecule has 7 aliphatic heterocycles. The van der Waals surface area contributed by atoms with Crippen LogP contribution >= 0.6 is 0 Å². The second-order valence-corrected chi connectivity index (χ2v) is 21.0. The van der Waals surface area contributed by atoms with Crippen LogP contribution in [0.25, 0.3) is 0 Å². The summed E-state index contributed by atoms with van der Waals surface area (Å²) in [6, 6.07) is 0. The van der Waals surface area contributed by atoms with Crippen LogP contribution in [0.1, 0.15) is 86.0 Å². The van der Waals surface area contributed by atoms with Crippen LogP contribution in [0.15, 0.2) is 23.0 Å². The molecule has 7 heterocycles. The van der Waals surface area contributed by atoms with Gasteiger partial charge in [0.2, 0.25) is 0 Å². The third-order valence-corrected chi connectivity index (χ3v) is 17.1. The van der Waals surface area contributed by atoms with E-state index in [0.717, 1.165) is 25.0 Å². The van der Waals surface area contributed by atoms with Gasteiger partial charge in [-0.1, -0.05) is 18.6 Å². The summed E-state index contributed by atoms with van der Waals surface area (Å²) in [5.74, 6) is 1.05. The van der Waals surface area contributed by atoms with E-state index in [0.29, 0.717) is 32.5 Å². The molecule has 0 aromatic rings. The van der Waals surface area contributed by atoms with E-state index in [-0.39, 0.29) is 41.6 Å². The normalized spacial score (nSPS) is 54.5. The maximum absolute atomic E-state index is 11.8. The molecule has 0 amide bonds. The van der Waals surface area contributed by atoms with Gasteiger partial charge in [-0.3, -0.25) is 0 Å². The molecule has 0 radical (unpaired) electrons. The highest BCUT2D eigenvalue weighted by atomic mass is 16.8. The number of allylic oxidation sites excluding steroid dienone is 2. The van der Waals surface area contributed by atoms with E-state index in [4.69, 9.17) is 61.6 Å². The second kappa shape index (κ2) is 18.3. The summed E-state index contributed by atoms with van der Waals surface area (Å²) in [6.07, 6.45) is -9.40. The zero-order valence-corrected chi connectivity index (χ0v) is 39.0. The summed E-state index contributed by atoms with van der Waals surface area (Å²) in [5.41, 5.74) is 2.36. The maximum atomic E-state index is 11.8. The topological polar surface area (TPSA) is 241 Å². The summed E-state index contributed by atoms with van der Waals surface area (Å²) in [6.45, 7) is 10.4. The van der Waals surface area contributed by atoms with Crippen LogP contribution in [-0.2, 0) is 61.6 Å². The average Bonchev–Trinajstić information content (AvgIpc) is 3.92. The first-order valence-electron chi connectivity index (χ1n) is 24.2. The standard InChI is InChI=1S/C47H72O19/c1-20-39(64-35-15-30(55-7)41(22(3)60-35)66-44-38(53)37(52)36(51)31(17-48)63-44)26(49)13-33(58-20)65-40-21(2)59-34(14-29(40)54-6)61-28-12-23-8-9-24-25(45(23,4)16-27(28)50)10-11-47-19-57-46(5)42(47)32(18-56-46)62-43(24)47/h8,20-22,25-42,44,48-53H,9-19H2,1-7H3/t20-,21-,22+,25+,26+,27-,28-,29+,30-,31-,32-,33+,34+,35+,36+,37+,38-,39-,40-,41+,42-,44+,45+,46-,47+/m1/s1. The lowest BCUT2D eigenvalue weighted by Crippen LogP contribution is -2.62. The Morgan fingerprint density at radius 2 is 1.35 bits per heavy atom. The first-order chi connectivity index (χ1) is 31.5. The van der Waals surface area contributed by atoms with Crippen molar-refractivity contribution in [3.05, 3.63) is 23.0 Å². The van der Waals surface area contributed by atoms with E-state index in [1.54, 1.807) is 21.0 Å². The van der Waals surface area contributed by atoms with Gasteiger partial charge in [-0.05, 0) is 76.7 Å². The highest BCUT2D eigenvalue weighted by molar-refractivity contribution is 5.41. The summed E-state index contributed by atoms with van der Waals surface area (Å²) in [5, 5.41) is 63.8. The SMILES string of the molecule is CO[C@H]1C[C@H](O[C@@H]2CC3=CCC4=C5O[C@@H]6CO[C@]7(C)OC[C@@]5(CC[C@@H]4[C@@]3(C)C[C@H]2O)[C@H]67)O[C@H](C)[C@H]1O[C@H]1C[C@H](O)[C@H](O[C@H]2C[C@@H](OC)[C@@H](O[C@@H]3O[C@H](CO)[C@H](O)[C@H](O)[C@H]3O)[C@H](C)O2)[C@@H](C)O1. The summed E-state index contributed by atoms with van der Waals surface area (Å²) in [4.78, 5) is 0. The van der Waals surface area contributed by atoms with Crippen molar-refractivity contribution in [2.24, 2.45) is 22.7 Å². The monoisotopic (exact) mass is 940 g/mol. The predicted molar refractivity (Wildman–Crippen MR) is 225 cm³/mol. The van der Waals surface area contributed by atoms with Gasteiger partial charge in [0.1, 0.15) is 54.6 Å². The first kappa shape index (κ1) is 48.2. The van der Waals surface area contributed by atoms with E-state index in [9.17, 15) is 30.6 Å². The highest BCUT2D eigenvalue weighted by Gasteiger charge is 2.72. The Morgan fingerprint density at radius 1 is 0.712 bits per heavy atom. The van der Waals surface area contributed by atoms with Gasteiger partial charge in [-0.2, -0.15) is 0 Å². The first-order valence-corrected chi connectivity index (χ1v) is 24.2. The van der Waals surface area contributed by atoms with Gasteiger partial charge >= 0.3 is 0 Å². The van der Waals surface area contributed by atoms with Crippen LogP contribution in [0.2, 0.25) is 0 Å². The molecule has 3 aliphatic carbocycles. The van der Waals surface area contributed by atoms with E-state index >= 15 is 0 Å². The number of aliphatic hydroxyl groups excluding tert-OH is 6. The van der Waals surface area contributed by atoms with Crippen molar-refractivity contribution in [2.75, 3.05) is 34.0 Å². The van der Waals surface area contributed by atoms with Crippen molar-refractivity contribution in [1.29, 1.82) is 0 Å². The van der Waals surface area contributed by atoms with E-state index < -0.39 is 129 Å². The molecule has 0 aromatic heterocycles. The molecule has 0 bridgehead atoms. The molecule has 6 N–H and O–H groups in total. The van der Waals surface area contributed by atoms with Crippen molar-refractivity contribution < 1.29 is 92.2 Å². The lowest BCUT2D eigenvalue weighted by atomic mass is 9.52. The Balaban J connectivity index is 0.721. The zero-order valence-electron chi connectivity index (χ0n) is 39.0. The summed E-state index contributed by atoms with van der Waals surface area (Å²) < 4.78 is 80.8. The third kappa shape index (κ3) is 8.05. The van der Waals surface area contributed by atoms with Gasteiger partial charge in [0.05, 0.1) is 80.0 Å². The average molecular weight is 941 g/mol. The van der Waals surface area contributed by atoms with Gasteiger partial charge in [0.25, 0.3) is 0 Å². The molecule has 25 atom stereocenters. The number of fused-ring (bicyclic) bond motifs is 3. The molecule has 10 aliphatic rings. The lowest BCUT2D eigenvalue weighted by molar-refractivity contribution is -0.356. The van der Waals surface area contributed by atoms with Crippen molar-refractivity contribution in [2.45, 2.75) is 215 Å². The maximum Gasteiger partial charge on any atom is 0.187 e. The van der Waals surface area contributed by atoms with Crippen LogP contribution in [0, 0.1) is 22.7 Å². The number of hydrogen-bond donors (Lipinski definition) is 6. The molecular weight excluding hydrogens is 868 g/mol. The van der Waals surface area contributed by atoms with Crippen molar-refractivity contribution in [1.82, 2.24) is 0 Å². The number of methoxy groups -OCH3 is 2. The lowest BCUT2D eigenvalue weighted by Gasteiger charge is -2.53. The predicted octanol–water partition coefficient (Wildman–Crippen LogP) is 1.06. The Hall–Kier alpha value is -1.44. The quantitative estimate of drug-likeness (QED) is 0.159. The van der Waals surface area contributed by atoms with Crippen LogP contribution in [-0.4, -0.2) is 193 Å². The van der Waals surface area contributed by atoms with Crippen molar-refractivity contribution in [3.63, 3.8) is 0 Å². The molecule has 66 heavy (non-hydrogen) atoms. The molecule has 0 aromatic carbocycles. The minimum Gasteiger partial charge on any atom is -0.491 e. The molecule has 7 saturated heterocycles. The number of ether oxygens (including phenoxy) is 13. The number of aliphatic hydroxyl groups is 6. The van der Waals surface area contributed by atoms with Crippen LogP contribution in [0.3, 0.4) is 0 Å². The molecular formula is C47H72O19. The molecule has 8 fully saturated rings. The highest BCUT2D eigenvalue weighted by Crippen LogP contribution is 2.69.